The monoisotopic (exact) mass is 353 g/mol. The van der Waals surface area contributed by atoms with E-state index in [1.165, 1.54) is 4.68 Å². The Bertz CT molecular complexity index is 657. The van der Waals surface area contributed by atoms with Crippen molar-refractivity contribution in [2.24, 2.45) is 0 Å². The van der Waals surface area contributed by atoms with Crippen LogP contribution in [0.3, 0.4) is 0 Å². The summed E-state index contributed by atoms with van der Waals surface area (Å²) in [6.45, 7) is 3.20. The molecule has 2 heterocycles. The van der Waals surface area contributed by atoms with Crippen LogP contribution in [0.4, 0.5) is 5.69 Å². The van der Waals surface area contributed by atoms with Gasteiger partial charge in [-0.2, -0.15) is 5.10 Å². The highest BCUT2D eigenvalue weighted by Crippen LogP contribution is 2.16. The van der Waals surface area contributed by atoms with E-state index in [0.717, 1.165) is 11.4 Å². The normalized spacial score (nSPS) is 10.6. The fourth-order valence-electron chi connectivity index (χ4n) is 1.62. The van der Waals surface area contributed by atoms with E-state index in [4.69, 9.17) is 4.74 Å². The summed E-state index contributed by atoms with van der Waals surface area (Å²) in [7, 11) is 1.58. The predicted octanol–water partition coefficient (Wildman–Crippen LogP) is 1.36. The minimum Gasteiger partial charge on any atom is -0.383 e. The van der Waals surface area contributed by atoms with Crippen LogP contribution < -0.4 is 10.9 Å². The van der Waals surface area contributed by atoms with Gasteiger partial charge in [0.1, 0.15) is 4.47 Å². The Balaban J connectivity index is 2.08. The second-order valence-electron chi connectivity index (χ2n) is 4.40. The van der Waals surface area contributed by atoms with E-state index in [9.17, 15) is 4.79 Å². The van der Waals surface area contributed by atoms with Crippen LogP contribution in [0.1, 0.15) is 11.4 Å². The summed E-state index contributed by atoms with van der Waals surface area (Å²) >= 11 is 3.30. The first kappa shape index (κ1) is 15.6. The maximum Gasteiger partial charge on any atom is 0.283 e. The quantitative estimate of drug-likeness (QED) is 0.844. The van der Waals surface area contributed by atoms with Crippen molar-refractivity contribution in [2.45, 2.75) is 20.0 Å². The highest BCUT2D eigenvalue weighted by molar-refractivity contribution is 9.10. The van der Waals surface area contributed by atoms with Crippen molar-refractivity contribution in [1.29, 1.82) is 0 Å². The van der Waals surface area contributed by atoms with Crippen molar-refractivity contribution in [3.8, 4) is 0 Å². The molecule has 8 heteroatoms. The molecule has 0 spiro atoms. The number of nitrogens with one attached hydrogen (secondary N) is 1. The molecule has 0 atom stereocenters. The summed E-state index contributed by atoms with van der Waals surface area (Å²) in [6, 6.07) is 0. The number of anilines is 1. The van der Waals surface area contributed by atoms with E-state index in [1.54, 1.807) is 25.7 Å². The predicted molar refractivity (Wildman–Crippen MR) is 82.2 cm³/mol. The third-order valence-electron chi connectivity index (χ3n) is 2.79. The van der Waals surface area contributed by atoms with E-state index in [2.05, 4.69) is 36.3 Å². The lowest BCUT2D eigenvalue weighted by Gasteiger charge is -2.10. The minimum atomic E-state index is -0.202. The topological polar surface area (TPSA) is 81.9 Å². The molecule has 2 aromatic heterocycles. The molecule has 2 rings (SSSR count). The molecular weight excluding hydrogens is 338 g/mol. The third-order valence-corrected chi connectivity index (χ3v) is 3.55. The Labute approximate surface area is 130 Å². The summed E-state index contributed by atoms with van der Waals surface area (Å²) in [4.78, 5) is 20.5. The molecule has 0 saturated heterocycles. The number of methoxy groups -OCH3 is 1. The summed E-state index contributed by atoms with van der Waals surface area (Å²) in [5.41, 5.74) is 2.07. The molecule has 0 aliphatic carbocycles. The summed E-state index contributed by atoms with van der Waals surface area (Å²) in [5, 5.41) is 7.21. The number of ether oxygens (including phenoxy) is 1. The number of hydrogen-bond donors (Lipinski definition) is 1. The maximum absolute atomic E-state index is 12.1. The largest absolute Gasteiger partial charge is 0.383 e. The zero-order valence-electron chi connectivity index (χ0n) is 11.8. The van der Waals surface area contributed by atoms with Crippen LogP contribution in [0.25, 0.3) is 0 Å². The molecule has 0 unspecified atom stereocenters. The second kappa shape index (κ2) is 7.28. The number of nitrogens with zero attached hydrogens (tertiary/aromatic N) is 4. The zero-order chi connectivity index (χ0) is 15.2. The fraction of sp³-hybridized carbons (Fsp3) is 0.385. The van der Waals surface area contributed by atoms with Crippen LogP contribution >= 0.6 is 15.9 Å². The lowest BCUT2D eigenvalue weighted by Crippen LogP contribution is -2.26. The van der Waals surface area contributed by atoms with Gasteiger partial charge >= 0.3 is 0 Å². The van der Waals surface area contributed by atoms with Crippen molar-refractivity contribution in [3.05, 3.63) is 44.8 Å². The molecule has 0 aromatic carbocycles. The first-order chi connectivity index (χ1) is 10.1. The molecule has 0 aliphatic heterocycles. The van der Waals surface area contributed by atoms with Crippen LogP contribution in [0.5, 0.6) is 0 Å². The van der Waals surface area contributed by atoms with Gasteiger partial charge in [0.05, 0.1) is 49.2 Å². The Morgan fingerprint density at radius 1 is 1.33 bits per heavy atom. The zero-order valence-corrected chi connectivity index (χ0v) is 13.4. The highest BCUT2D eigenvalue weighted by Gasteiger charge is 2.08. The van der Waals surface area contributed by atoms with E-state index in [-0.39, 0.29) is 5.56 Å². The second-order valence-corrected chi connectivity index (χ2v) is 5.19. The van der Waals surface area contributed by atoms with Crippen molar-refractivity contribution in [2.75, 3.05) is 19.0 Å². The molecule has 7 nitrogen and oxygen atoms in total. The first-order valence-electron chi connectivity index (χ1n) is 6.37. The number of aryl methyl sites for hydroxylation is 1. The van der Waals surface area contributed by atoms with Crippen LogP contribution in [-0.4, -0.2) is 33.5 Å². The van der Waals surface area contributed by atoms with Gasteiger partial charge in [0.2, 0.25) is 0 Å². The summed E-state index contributed by atoms with van der Waals surface area (Å²) in [6.07, 6.45) is 5.00. The van der Waals surface area contributed by atoms with E-state index in [1.807, 2.05) is 6.92 Å². The summed E-state index contributed by atoms with van der Waals surface area (Å²) < 4.78 is 6.73. The molecule has 21 heavy (non-hydrogen) atoms. The number of hydrogen-bond acceptors (Lipinski definition) is 6. The van der Waals surface area contributed by atoms with Gasteiger partial charge in [-0.3, -0.25) is 14.8 Å². The van der Waals surface area contributed by atoms with Gasteiger partial charge in [0, 0.05) is 13.3 Å². The van der Waals surface area contributed by atoms with Crippen LogP contribution in [0.15, 0.2) is 27.9 Å². The Morgan fingerprint density at radius 3 is 2.81 bits per heavy atom. The van der Waals surface area contributed by atoms with Crippen molar-refractivity contribution < 1.29 is 4.74 Å². The van der Waals surface area contributed by atoms with Gasteiger partial charge in [-0.15, -0.1) is 0 Å². The third kappa shape index (κ3) is 4.08. The van der Waals surface area contributed by atoms with Crippen molar-refractivity contribution >= 4 is 21.6 Å². The molecular formula is C13H16BrN5O2. The smallest absolute Gasteiger partial charge is 0.283 e. The average Bonchev–Trinajstić information content (AvgIpc) is 2.49. The fourth-order valence-corrected chi connectivity index (χ4v) is 2.07. The molecule has 2 aromatic rings. The lowest BCUT2D eigenvalue weighted by molar-refractivity contribution is 0.181. The lowest BCUT2D eigenvalue weighted by atomic mass is 10.4. The van der Waals surface area contributed by atoms with Gasteiger partial charge in [-0.05, 0) is 22.9 Å². The number of aromatic nitrogens is 4. The molecule has 0 radical (unpaired) electrons. The number of halogens is 1. The minimum absolute atomic E-state index is 0.202. The molecule has 0 saturated carbocycles. The van der Waals surface area contributed by atoms with Gasteiger partial charge < -0.3 is 10.1 Å². The molecule has 112 valence electrons. The van der Waals surface area contributed by atoms with E-state index >= 15 is 0 Å². The molecule has 0 fully saturated rings. The van der Waals surface area contributed by atoms with Crippen LogP contribution in [0, 0.1) is 6.92 Å². The molecule has 0 amide bonds. The average molecular weight is 354 g/mol. The van der Waals surface area contributed by atoms with Crippen LogP contribution in [0.2, 0.25) is 0 Å². The van der Waals surface area contributed by atoms with Gasteiger partial charge in [-0.1, -0.05) is 0 Å². The van der Waals surface area contributed by atoms with Crippen molar-refractivity contribution in [3.63, 3.8) is 0 Å². The standard InChI is InChI=1S/C13H16BrN5O2/c1-9-5-16-10(6-15-9)7-17-11-8-18-19(3-4-21-2)13(20)12(11)14/h5-6,8,17H,3-4,7H2,1-2H3. The molecule has 0 aliphatic rings. The highest BCUT2D eigenvalue weighted by atomic mass is 79.9. The number of rotatable bonds is 6. The van der Waals surface area contributed by atoms with Crippen molar-refractivity contribution in [1.82, 2.24) is 19.7 Å². The van der Waals surface area contributed by atoms with Crippen LogP contribution in [-0.2, 0) is 17.8 Å². The Morgan fingerprint density at radius 2 is 2.14 bits per heavy atom. The Hall–Kier alpha value is -1.80. The van der Waals surface area contributed by atoms with Gasteiger partial charge in [0.25, 0.3) is 5.56 Å². The molecule has 0 bridgehead atoms. The SMILES string of the molecule is COCCn1ncc(NCc2cnc(C)cn2)c(Br)c1=O. The summed E-state index contributed by atoms with van der Waals surface area (Å²) in [5.74, 6) is 0. The van der Waals surface area contributed by atoms with Gasteiger partial charge in [0.15, 0.2) is 0 Å². The van der Waals surface area contributed by atoms with E-state index < -0.39 is 0 Å². The maximum atomic E-state index is 12.1. The molecule has 1 N–H and O–H groups in total. The Kier molecular flexibility index (Phi) is 5.40. The first-order valence-corrected chi connectivity index (χ1v) is 7.17. The van der Waals surface area contributed by atoms with E-state index in [0.29, 0.717) is 29.9 Å². The van der Waals surface area contributed by atoms with Gasteiger partial charge in [-0.25, -0.2) is 4.68 Å².